The van der Waals surface area contributed by atoms with Crippen molar-refractivity contribution in [3.8, 4) is 0 Å². The molecule has 2 rings (SSSR count). The maximum absolute atomic E-state index is 2.37. The Labute approximate surface area is 125 Å². The van der Waals surface area contributed by atoms with Crippen molar-refractivity contribution < 1.29 is 0 Å². The molecule has 0 aromatic heterocycles. The Morgan fingerprint density at radius 3 is 2.25 bits per heavy atom. The molecule has 0 radical (unpaired) electrons. The fourth-order valence-electron chi connectivity index (χ4n) is 3.82. The van der Waals surface area contributed by atoms with Gasteiger partial charge < -0.3 is 0 Å². The molecule has 1 nitrogen and oxygen atoms in total. The SMILES string of the molecule is CCCCCCCC[N+]1(c2ccccc2C)CCCC1. The summed E-state index contributed by atoms with van der Waals surface area (Å²) in [5.41, 5.74) is 3.08. The lowest BCUT2D eigenvalue weighted by molar-refractivity contribution is 0.321. The standard InChI is InChI=1S/C19H32N/c1-3-4-5-6-7-10-15-20(16-11-12-17-20)19-14-9-8-13-18(19)2/h8-9,13-14H,3-7,10-12,15-17H2,1-2H3/q+1. The van der Waals surface area contributed by atoms with Gasteiger partial charge in [-0.2, -0.15) is 0 Å². The monoisotopic (exact) mass is 274 g/mol. The molecular weight excluding hydrogens is 242 g/mol. The second-order valence-corrected chi connectivity index (χ2v) is 6.58. The van der Waals surface area contributed by atoms with E-state index in [1.807, 2.05) is 0 Å². The molecule has 1 aromatic carbocycles. The number of benzene rings is 1. The van der Waals surface area contributed by atoms with Gasteiger partial charge in [-0.3, -0.25) is 4.48 Å². The van der Waals surface area contributed by atoms with Crippen LogP contribution in [0.15, 0.2) is 24.3 Å². The highest BCUT2D eigenvalue weighted by atomic mass is 15.4. The van der Waals surface area contributed by atoms with Gasteiger partial charge in [0.15, 0.2) is 0 Å². The molecule has 0 aliphatic carbocycles. The summed E-state index contributed by atoms with van der Waals surface area (Å²) in [5, 5.41) is 0. The van der Waals surface area contributed by atoms with E-state index in [1.165, 1.54) is 81.0 Å². The van der Waals surface area contributed by atoms with Crippen molar-refractivity contribution in [1.82, 2.24) is 4.48 Å². The summed E-state index contributed by atoms with van der Waals surface area (Å²) >= 11 is 0. The van der Waals surface area contributed by atoms with Crippen molar-refractivity contribution in [1.29, 1.82) is 0 Å². The number of aryl methyl sites for hydroxylation is 1. The molecule has 1 saturated heterocycles. The van der Waals surface area contributed by atoms with E-state index in [2.05, 4.69) is 38.1 Å². The zero-order chi connectivity index (χ0) is 14.3. The van der Waals surface area contributed by atoms with Crippen LogP contribution >= 0.6 is 0 Å². The number of hydrogen-bond donors (Lipinski definition) is 0. The molecule has 1 fully saturated rings. The molecule has 0 spiro atoms. The molecule has 0 bridgehead atoms. The average molecular weight is 274 g/mol. The average Bonchev–Trinajstić information content (AvgIpc) is 2.93. The van der Waals surface area contributed by atoms with Crippen LogP contribution in [0.2, 0.25) is 0 Å². The van der Waals surface area contributed by atoms with Crippen LogP contribution in [0.3, 0.4) is 0 Å². The second-order valence-electron chi connectivity index (χ2n) is 6.58. The maximum atomic E-state index is 2.37. The van der Waals surface area contributed by atoms with Crippen molar-refractivity contribution in [2.75, 3.05) is 19.6 Å². The van der Waals surface area contributed by atoms with Crippen LogP contribution < -0.4 is 4.48 Å². The number of nitrogens with zero attached hydrogens (tertiary/aromatic N) is 1. The molecule has 1 heteroatoms. The Balaban J connectivity index is 1.92. The number of unbranched alkanes of at least 4 members (excludes halogenated alkanes) is 5. The molecule has 0 saturated carbocycles. The molecule has 1 aromatic rings. The fraction of sp³-hybridized carbons (Fsp3) is 0.684. The lowest BCUT2D eigenvalue weighted by Crippen LogP contribution is -2.47. The first-order valence-electron chi connectivity index (χ1n) is 8.71. The Bertz CT molecular complexity index is 391. The van der Waals surface area contributed by atoms with E-state index in [0.29, 0.717) is 0 Å². The lowest BCUT2D eigenvalue weighted by Gasteiger charge is -2.35. The van der Waals surface area contributed by atoms with Gasteiger partial charge in [0.05, 0.1) is 19.6 Å². The number of para-hydroxylation sites is 1. The molecule has 1 aliphatic rings. The van der Waals surface area contributed by atoms with Gasteiger partial charge in [0.1, 0.15) is 5.69 Å². The Morgan fingerprint density at radius 2 is 1.55 bits per heavy atom. The van der Waals surface area contributed by atoms with Crippen LogP contribution in [0.5, 0.6) is 0 Å². The Kier molecular flexibility index (Phi) is 6.09. The predicted molar refractivity (Wildman–Crippen MR) is 90.2 cm³/mol. The highest BCUT2D eigenvalue weighted by Gasteiger charge is 2.34. The molecule has 1 aliphatic heterocycles. The van der Waals surface area contributed by atoms with E-state index < -0.39 is 0 Å². The van der Waals surface area contributed by atoms with Crippen LogP contribution in [0.25, 0.3) is 0 Å². The zero-order valence-electron chi connectivity index (χ0n) is 13.5. The summed E-state index contributed by atoms with van der Waals surface area (Å²) in [5.74, 6) is 0. The van der Waals surface area contributed by atoms with E-state index in [4.69, 9.17) is 0 Å². The highest BCUT2D eigenvalue weighted by Crippen LogP contribution is 2.32. The summed E-state index contributed by atoms with van der Waals surface area (Å²) < 4.78 is 1.26. The number of likely N-dealkylation sites (tertiary alicyclic amines) is 1. The van der Waals surface area contributed by atoms with E-state index in [-0.39, 0.29) is 0 Å². The summed E-state index contributed by atoms with van der Waals surface area (Å²) in [7, 11) is 0. The minimum atomic E-state index is 1.26. The topological polar surface area (TPSA) is 0 Å². The number of quaternary nitrogens is 1. The van der Waals surface area contributed by atoms with Crippen LogP contribution in [0.4, 0.5) is 5.69 Å². The van der Waals surface area contributed by atoms with Crippen molar-refractivity contribution in [2.24, 2.45) is 0 Å². The number of hydrogen-bond acceptors (Lipinski definition) is 0. The summed E-state index contributed by atoms with van der Waals surface area (Å²) in [4.78, 5) is 0. The molecule has 0 unspecified atom stereocenters. The first kappa shape index (κ1) is 15.6. The predicted octanol–water partition coefficient (Wildman–Crippen LogP) is 5.46. The molecule has 0 N–H and O–H groups in total. The largest absolute Gasteiger partial charge is 0.291 e. The third kappa shape index (κ3) is 3.85. The maximum Gasteiger partial charge on any atom is 0.135 e. The van der Waals surface area contributed by atoms with Gasteiger partial charge in [-0.15, -0.1) is 0 Å². The van der Waals surface area contributed by atoms with Gasteiger partial charge in [-0.1, -0.05) is 50.8 Å². The van der Waals surface area contributed by atoms with Crippen molar-refractivity contribution in [3.05, 3.63) is 29.8 Å². The lowest BCUT2D eigenvalue weighted by atomic mass is 10.1. The second kappa shape index (κ2) is 7.83. The van der Waals surface area contributed by atoms with Crippen molar-refractivity contribution in [2.45, 2.75) is 65.2 Å². The van der Waals surface area contributed by atoms with Crippen LogP contribution in [-0.4, -0.2) is 19.6 Å². The van der Waals surface area contributed by atoms with Gasteiger partial charge in [0, 0.05) is 18.4 Å². The molecule has 0 amide bonds. The normalized spacial score (nSPS) is 17.5. The molecular formula is C19H32N+. The van der Waals surface area contributed by atoms with Crippen molar-refractivity contribution in [3.63, 3.8) is 0 Å². The summed E-state index contributed by atoms with van der Waals surface area (Å²) in [6.07, 6.45) is 11.3. The minimum absolute atomic E-state index is 1.26. The zero-order valence-corrected chi connectivity index (χ0v) is 13.5. The van der Waals surface area contributed by atoms with Gasteiger partial charge >= 0.3 is 0 Å². The van der Waals surface area contributed by atoms with Crippen LogP contribution in [0.1, 0.15) is 63.9 Å². The first-order chi connectivity index (χ1) is 9.78. The Morgan fingerprint density at radius 1 is 0.900 bits per heavy atom. The van der Waals surface area contributed by atoms with E-state index in [9.17, 15) is 0 Å². The molecule has 0 atom stereocenters. The van der Waals surface area contributed by atoms with Gasteiger partial charge in [-0.05, 0) is 25.8 Å². The summed E-state index contributed by atoms with van der Waals surface area (Å²) in [6.45, 7) is 8.66. The van der Waals surface area contributed by atoms with Gasteiger partial charge in [-0.25, -0.2) is 0 Å². The molecule has 112 valence electrons. The third-order valence-electron chi connectivity index (χ3n) is 4.99. The molecule has 1 heterocycles. The summed E-state index contributed by atoms with van der Waals surface area (Å²) in [6, 6.07) is 9.06. The van der Waals surface area contributed by atoms with E-state index in [0.717, 1.165) is 0 Å². The van der Waals surface area contributed by atoms with Crippen LogP contribution in [-0.2, 0) is 0 Å². The van der Waals surface area contributed by atoms with Crippen LogP contribution in [0, 0.1) is 6.92 Å². The first-order valence-corrected chi connectivity index (χ1v) is 8.71. The number of rotatable bonds is 8. The van der Waals surface area contributed by atoms with Gasteiger partial charge in [0.25, 0.3) is 0 Å². The fourth-order valence-corrected chi connectivity index (χ4v) is 3.82. The minimum Gasteiger partial charge on any atom is -0.291 e. The van der Waals surface area contributed by atoms with E-state index in [1.54, 1.807) is 5.69 Å². The third-order valence-corrected chi connectivity index (χ3v) is 4.99. The van der Waals surface area contributed by atoms with E-state index >= 15 is 0 Å². The quantitative estimate of drug-likeness (QED) is 0.436. The molecule has 20 heavy (non-hydrogen) atoms. The Hall–Kier alpha value is -0.820. The van der Waals surface area contributed by atoms with Gasteiger partial charge in [0.2, 0.25) is 0 Å². The van der Waals surface area contributed by atoms with Crippen molar-refractivity contribution >= 4 is 5.69 Å². The smallest absolute Gasteiger partial charge is 0.135 e. The highest BCUT2D eigenvalue weighted by molar-refractivity contribution is 5.50.